The van der Waals surface area contributed by atoms with Crippen molar-refractivity contribution >= 4 is 23.1 Å². The summed E-state index contributed by atoms with van der Waals surface area (Å²) in [6.45, 7) is 7.02. The number of hydrogen-bond acceptors (Lipinski definition) is 5. The second-order valence-electron chi connectivity index (χ2n) is 11.2. The number of ketones is 1. The first-order valence-electron chi connectivity index (χ1n) is 14.7. The Labute approximate surface area is 234 Å². The number of unbranched alkanes of at least 4 members (excludes halogenated alkanes) is 2. The molecule has 214 valence electrons. The van der Waals surface area contributed by atoms with E-state index >= 15 is 4.39 Å². The SMILES string of the molecule is CCCCCN(C)c1cc(NC(C)C)cc(C(=O)NC(Cc2ccccc2)C(=O)CNC2CCCCC2)c1F. The van der Waals surface area contributed by atoms with E-state index in [9.17, 15) is 9.59 Å². The van der Waals surface area contributed by atoms with Crippen molar-refractivity contribution in [3.8, 4) is 0 Å². The molecule has 0 heterocycles. The van der Waals surface area contributed by atoms with E-state index < -0.39 is 17.8 Å². The van der Waals surface area contributed by atoms with E-state index in [-0.39, 0.29) is 23.9 Å². The van der Waals surface area contributed by atoms with Crippen LogP contribution in [0.2, 0.25) is 0 Å². The van der Waals surface area contributed by atoms with E-state index in [1.54, 1.807) is 12.1 Å². The standard InChI is InChI=1S/C32H47FN4O2/c1-5-6-13-18-37(4)29-21-26(35-23(2)3)20-27(31(29)33)32(39)36-28(19-24-14-9-7-10-15-24)30(38)22-34-25-16-11-8-12-17-25/h7,9-10,14-15,20-21,23,25,28,34-35H,5-6,8,11-13,16-19,22H2,1-4H3,(H,36,39). The largest absolute Gasteiger partial charge is 0.383 e. The Morgan fingerprint density at radius 3 is 2.44 bits per heavy atom. The van der Waals surface area contributed by atoms with E-state index in [2.05, 4.69) is 22.9 Å². The summed E-state index contributed by atoms with van der Waals surface area (Å²) in [6.07, 6.45) is 9.15. The van der Waals surface area contributed by atoms with Gasteiger partial charge in [-0.05, 0) is 57.2 Å². The highest BCUT2D eigenvalue weighted by Gasteiger charge is 2.26. The summed E-state index contributed by atoms with van der Waals surface area (Å²) < 4.78 is 15.8. The second kappa shape index (κ2) is 15.6. The van der Waals surface area contributed by atoms with Crippen LogP contribution >= 0.6 is 0 Å². The molecule has 2 aromatic rings. The fraction of sp³-hybridized carbons (Fsp3) is 0.562. The van der Waals surface area contributed by atoms with E-state index in [1.807, 2.05) is 56.1 Å². The van der Waals surface area contributed by atoms with Crippen molar-refractivity contribution in [3.63, 3.8) is 0 Å². The molecule has 39 heavy (non-hydrogen) atoms. The van der Waals surface area contributed by atoms with Crippen molar-refractivity contribution in [1.82, 2.24) is 10.6 Å². The third-order valence-electron chi connectivity index (χ3n) is 7.41. The molecule has 7 heteroatoms. The molecule has 0 aromatic heterocycles. The number of rotatable bonds is 15. The molecule has 0 aliphatic heterocycles. The molecule has 1 fully saturated rings. The highest BCUT2D eigenvalue weighted by atomic mass is 19.1. The third kappa shape index (κ3) is 9.64. The molecule has 0 spiro atoms. The zero-order valence-corrected chi connectivity index (χ0v) is 24.2. The van der Waals surface area contributed by atoms with E-state index in [0.717, 1.165) is 37.7 Å². The molecule has 0 bridgehead atoms. The normalized spacial score (nSPS) is 14.7. The highest BCUT2D eigenvalue weighted by molar-refractivity contribution is 6.00. The quantitative estimate of drug-likeness (QED) is 0.239. The van der Waals surface area contributed by atoms with Crippen LogP contribution in [-0.2, 0) is 11.2 Å². The maximum absolute atomic E-state index is 15.8. The van der Waals surface area contributed by atoms with Crippen LogP contribution in [0.5, 0.6) is 0 Å². The van der Waals surface area contributed by atoms with Crippen molar-refractivity contribution < 1.29 is 14.0 Å². The number of hydrogen-bond donors (Lipinski definition) is 3. The lowest BCUT2D eigenvalue weighted by Crippen LogP contribution is -2.47. The van der Waals surface area contributed by atoms with Crippen molar-refractivity contribution in [2.24, 2.45) is 0 Å². The van der Waals surface area contributed by atoms with Gasteiger partial charge in [-0.3, -0.25) is 9.59 Å². The molecule has 3 rings (SSSR count). The van der Waals surface area contributed by atoms with Gasteiger partial charge in [0.15, 0.2) is 11.6 Å². The summed E-state index contributed by atoms with van der Waals surface area (Å²) in [5, 5.41) is 9.61. The van der Waals surface area contributed by atoms with Crippen LogP contribution in [0.15, 0.2) is 42.5 Å². The summed E-state index contributed by atoms with van der Waals surface area (Å²) in [5.41, 5.74) is 1.95. The van der Waals surface area contributed by atoms with E-state index in [1.165, 1.54) is 19.3 Å². The summed E-state index contributed by atoms with van der Waals surface area (Å²) in [5.74, 6) is -1.23. The Morgan fingerprint density at radius 2 is 1.77 bits per heavy atom. The summed E-state index contributed by atoms with van der Waals surface area (Å²) in [4.78, 5) is 28.8. The summed E-state index contributed by atoms with van der Waals surface area (Å²) in [7, 11) is 1.85. The molecule has 1 atom stereocenters. The molecule has 2 aromatic carbocycles. The van der Waals surface area contributed by atoms with Crippen LogP contribution in [0.1, 0.15) is 88.1 Å². The lowest BCUT2D eigenvalue weighted by atomic mass is 9.95. The number of nitrogens with zero attached hydrogens (tertiary/aromatic N) is 1. The fourth-order valence-corrected chi connectivity index (χ4v) is 5.19. The number of Topliss-reactive ketones (excluding diaryl/α,β-unsaturated/α-hetero) is 1. The van der Waals surface area contributed by atoms with Crippen molar-refractivity contribution in [2.75, 3.05) is 30.4 Å². The maximum atomic E-state index is 15.8. The number of benzene rings is 2. The van der Waals surface area contributed by atoms with Gasteiger partial charge >= 0.3 is 0 Å². The molecule has 1 saturated carbocycles. The lowest BCUT2D eigenvalue weighted by Gasteiger charge is -2.25. The smallest absolute Gasteiger partial charge is 0.255 e. The van der Waals surface area contributed by atoms with Gasteiger partial charge in [0.25, 0.3) is 5.91 Å². The van der Waals surface area contributed by atoms with Gasteiger partial charge in [0.2, 0.25) is 0 Å². The second-order valence-corrected chi connectivity index (χ2v) is 11.2. The number of nitrogens with one attached hydrogen (secondary N) is 3. The maximum Gasteiger partial charge on any atom is 0.255 e. The zero-order chi connectivity index (χ0) is 28.2. The third-order valence-corrected chi connectivity index (χ3v) is 7.41. The van der Waals surface area contributed by atoms with Gasteiger partial charge in [-0.15, -0.1) is 0 Å². The topological polar surface area (TPSA) is 73.5 Å². The van der Waals surface area contributed by atoms with Crippen molar-refractivity contribution in [3.05, 3.63) is 59.4 Å². The van der Waals surface area contributed by atoms with Crippen LogP contribution in [0.25, 0.3) is 0 Å². The molecule has 1 unspecified atom stereocenters. The fourth-order valence-electron chi connectivity index (χ4n) is 5.19. The average molecular weight is 539 g/mol. The van der Waals surface area contributed by atoms with Crippen LogP contribution in [0.4, 0.5) is 15.8 Å². The highest BCUT2D eigenvalue weighted by Crippen LogP contribution is 2.28. The predicted octanol–water partition coefficient (Wildman–Crippen LogP) is 6.10. The van der Waals surface area contributed by atoms with Gasteiger partial charge in [0.1, 0.15) is 0 Å². The van der Waals surface area contributed by atoms with Crippen LogP contribution in [0, 0.1) is 5.82 Å². The predicted molar refractivity (Wildman–Crippen MR) is 159 cm³/mol. The minimum atomic E-state index is -0.761. The molecular weight excluding hydrogens is 491 g/mol. The molecule has 6 nitrogen and oxygen atoms in total. The monoisotopic (exact) mass is 538 g/mol. The number of carbonyl (C=O) groups is 2. The minimum absolute atomic E-state index is 0.0518. The first kappa shape index (κ1) is 30.6. The average Bonchev–Trinajstić information content (AvgIpc) is 2.93. The number of carbonyl (C=O) groups excluding carboxylic acids is 2. The number of anilines is 2. The first-order chi connectivity index (χ1) is 18.8. The van der Waals surface area contributed by atoms with E-state index in [4.69, 9.17) is 0 Å². The van der Waals surface area contributed by atoms with Gasteiger partial charge in [0, 0.05) is 31.4 Å². The molecule has 1 amide bonds. The number of amides is 1. The van der Waals surface area contributed by atoms with Gasteiger partial charge < -0.3 is 20.9 Å². The van der Waals surface area contributed by atoms with Gasteiger partial charge in [0.05, 0.1) is 23.8 Å². The number of halogens is 1. The van der Waals surface area contributed by atoms with Gasteiger partial charge in [-0.1, -0.05) is 69.4 Å². The Kier molecular flexibility index (Phi) is 12.2. The Morgan fingerprint density at radius 1 is 1.05 bits per heavy atom. The first-order valence-corrected chi connectivity index (χ1v) is 14.7. The van der Waals surface area contributed by atoms with Gasteiger partial charge in [-0.2, -0.15) is 0 Å². The zero-order valence-electron chi connectivity index (χ0n) is 24.2. The minimum Gasteiger partial charge on any atom is -0.383 e. The molecule has 1 aliphatic carbocycles. The van der Waals surface area contributed by atoms with Crippen molar-refractivity contribution in [2.45, 2.75) is 96.7 Å². The Balaban J connectivity index is 1.83. The van der Waals surface area contributed by atoms with Crippen LogP contribution < -0.4 is 20.9 Å². The molecule has 0 radical (unpaired) electrons. The van der Waals surface area contributed by atoms with Gasteiger partial charge in [-0.25, -0.2) is 4.39 Å². The summed E-state index contributed by atoms with van der Waals surface area (Å²) >= 11 is 0. The van der Waals surface area contributed by atoms with Crippen LogP contribution in [0.3, 0.4) is 0 Å². The summed E-state index contributed by atoms with van der Waals surface area (Å²) in [6, 6.07) is 12.6. The van der Waals surface area contributed by atoms with Crippen molar-refractivity contribution in [1.29, 1.82) is 0 Å². The molecule has 1 aliphatic rings. The molecule has 0 saturated heterocycles. The Hall–Kier alpha value is -2.93. The molecular formula is C32H47FN4O2. The molecule has 3 N–H and O–H groups in total. The van der Waals surface area contributed by atoms with Crippen LogP contribution in [-0.4, -0.2) is 50.0 Å². The lowest BCUT2D eigenvalue weighted by molar-refractivity contribution is -0.120. The van der Waals surface area contributed by atoms with E-state index in [0.29, 0.717) is 30.4 Å². The Bertz CT molecular complexity index is 1050.